The molecule has 43 saturated heterocycles. The normalized spacial score (nSPS) is 55.4. The van der Waals surface area contributed by atoms with Crippen molar-refractivity contribution in [2.24, 2.45) is 0 Å². The Morgan fingerprint density at radius 3 is 0.189 bits per heavy atom. The minimum Gasteiger partial charge on any atom is -0.394 e. The summed E-state index contributed by atoms with van der Waals surface area (Å²) in [6.07, 6.45) is -129. The number of hydrogen-bond donors (Lipinski definition) is 39. The second-order valence-corrected chi connectivity index (χ2v) is 36.5. The molecule has 43 heterocycles. The highest BCUT2D eigenvalue weighted by molar-refractivity contribution is 5.07. The number of hydrogen-bond acceptors (Lipinski definition) is 65. The lowest BCUT2D eigenvalue weighted by atomic mass is 9.94. The average molecular weight is 2110 g/mol. The Balaban J connectivity index is 0.000000230. The van der Waals surface area contributed by atoms with Crippen molar-refractivity contribution in [2.45, 2.75) is 399 Å². The first-order chi connectivity index (χ1) is 68.1. The quantitative estimate of drug-likeness (QED) is 0.0814. The van der Waals surface area contributed by atoms with E-state index in [4.69, 9.17) is 123 Å². The minimum absolute atomic E-state index is 0.999. The van der Waals surface area contributed by atoms with Gasteiger partial charge in [0.1, 0.15) is 317 Å². The fraction of sp³-hybridized carbons (Fsp3) is 1.00. The highest BCUT2D eigenvalue weighted by Gasteiger charge is 2.65. The molecule has 26 bridgehead atoms. The van der Waals surface area contributed by atoms with Gasteiger partial charge in [0.15, 0.2) is 81.8 Å². The molecule has 43 aliphatic heterocycles. The van der Waals surface area contributed by atoms with Crippen LogP contribution >= 0.6 is 0 Å². The van der Waals surface area contributed by atoms with Crippen LogP contribution in [0.5, 0.6) is 0 Å². The maximum absolute atomic E-state index is 11.3. The summed E-state index contributed by atoms with van der Waals surface area (Å²) in [5.41, 5.74) is 0. The van der Waals surface area contributed by atoms with Gasteiger partial charge >= 0.3 is 0 Å². The molecule has 65 atom stereocenters. The number of aliphatic hydroxyl groups is 39. The summed E-state index contributed by atoms with van der Waals surface area (Å²) in [4.78, 5) is 0. The van der Waals surface area contributed by atoms with Crippen molar-refractivity contribution in [3.8, 4) is 0 Å². The topological polar surface area (TPSA) is 1030 Å². The van der Waals surface area contributed by atoms with E-state index < -0.39 is 485 Å². The molecule has 26 unspecified atom stereocenters. The second-order valence-electron chi connectivity index (χ2n) is 36.5. The Bertz CT molecular complexity index is 3170. The third-order valence-corrected chi connectivity index (χ3v) is 27.5. The average Bonchev–Trinajstić information content (AvgIpc) is 0.902. The summed E-state index contributed by atoms with van der Waals surface area (Å²) < 4.78 is 147. The summed E-state index contributed by atoms with van der Waals surface area (Å²) in [6.45, 7) is -13.3. The molecule has 0 radical (unpaired) electrons. The van der Waals surface area contributed by atoms with Gasteiger partial charge in [-0.05, 0) is 0 Å². The first kappa shape index (κ1) is 116. The third-order valence-electron chi connectivity index (χ3n) is 27.5. The smallest absolute Gasteiger partial charge is 0.187 e. The molecule has 65 heteroatoms. The van der Waals surface area contributed by atoms with Gasteiger partial charge in [0.2, 0.25) is 0 Å². The van der Waals surface area contributed by atoms with E-state index in [1.165, 1.54) is 0 Å². The van der Waals surface area contributed by atoms with Gasteiger partial charge in [-0.3, -0.25) is 0 Å². The van der Waals surface area contributed by atoms with E-state index in [2.05, 4.69) is 0 Å². The SMILES string of the molecule is OCC1O[C@@H]2O[C@@H]3C(CO)O[C@H](O[C@@H]4C(CO)O[C@H](O[C@@H]5C(CO)O[C@H](O[C@@H]6C(CO)O[C@H](O[C@@H]7C(CO)O[C@H](O[C@@H]8C(CO)O[C@H](O[C@H]1[C@H](O)C2O)C(O)[C@H]8O)C(O)[C@H]7O)C(O)[C@H]6O)C(O)[C@H]5O)C(O)[C@H]4O)C(O)[C@H]3O.OCC1O[C@@H]2O[C@@H]3C(CO)O[C@H](O[C@@H]4C(CO)O[C@H](O[C@@H]5C(CO)O[C@H](O[C@@H]6C(CO)O[C@H](O[C@@H]7C(CO)O[C@H](O[C@H]1[C@H](O)C2O)C(O)[C@H]7O)C(O)[C@H]6O)C(O)[C@H]5O)C(O)[C@H]4O)C(O)[C@H]3O. The van der Waals surface area contributed by atoms with Crippen molar-refractivity contribution < 1.29 is 322 Å². The van der Waals surface area contributed by atoms with Crippen LogP contribution in [0.25, 0.3) is 0 Å². The Morgan fingerprint density at radius 2 is 0.140 bits per heavy atom. The standard InChI is InChI=1S/C42H70O35.C36H60O30/c43-1-8-29-15(50)22(57)36(64-8)72-30-9(2-44)66-38(24(59)17(30)52)74-32-11(4-46)68-40(26(61)19(32)54)76-34-13(6-48)70-42(28(63)21(34)56)77-35-14(7-49)69-41(27(62)20(35)55)75-33-12(5-47)67-39(25(60)18(33)53)73-31-10(3-45)65-37(71-29)23(58)16(31)51;37-1-7-25-13(43)19(49)31(55-7)62-26-8(2-38)57-33(21(51)15(26)45)64-28-10(4-40)59-35(23(53)17(28)47)66-30-12(6-42)60-36(24(54)18(30)48)65-29-11(5-41)58-34(22(52)16(29)46)63-27-9(3-39)56-32(61-25)20(50)14(27)44/h8-63H,1-7H2;7-54H,1-6H2/t8?,9?,10?,11?,12?,13?,14?,15-,16-,17-,18-,19-,20-,21-,22?,23?,24?,25?,26?,27?,28?,29-,30-,31-,32-,33-,34-,35-,36-,37-,38-,39-,40-,41-,42-;7?,8?,9?,10?,11?,12?,13-,14-,15-,16-,17-,18-,19?,20?,21?,22?,23?,24?,25-,26-,27-,28-,29-,30-,31-,32-,33-,34-,35-,36-/m11/s1. The first-order valence-electron chi connectivity index (χ1n) is 45.7. The number of aliphatic hydroxyl groups excluding tert-OH is 39. The molecule has 39 N–H and O–H groups in total. The maximum Gasteiger partial charge on any atom is 0.187 e. The van der Waals surface area contributed by atoms with Crippen molar-refractivity contribution in [1.29, 1.82) is 0 Å². The Kier molecular flexibility index (Phi) is 40.4. The van der Waals surface area contributed by atoms with Gasteiger partial charge in [0.25, 0.3) is 0 Å². The summed E-state index contributed by atoms with van der Waals surface area (Å²) in [7, 11) is 0. The fourth-order valence-corrected chi connectivity index (χ4v) is 19.3. The van der Waals surface area contributed by atoms with Gasteiger partial charge in [-0.15, -0.1) is 0 Å². The van der Waals surface area contributed by atoms with Gasteiger partial charge in [0, 0.05) is 0 Å². The summed E-state index contributed by atoms with van der Waals surface area (Å²) in [6, 6.07) is 0. The maximum atomic E-state index is 11.3. The van der Waals surface area contributed by atoms with Crippen LogP contribution in [0.3, 0.4) is 0 Å². The Hall–Kier alpha value is -2.60. The first-order valence-corrected chi connectivity index (χ1v) is 45.7. The van der Waals surface area contributed by atoms with Crippen LogP contribution in [0.15, 0.2) is 0 Å². The van der Waals surface area contributed by atoms with Gasteiger partial charge in [0.05, 0.1) is 85.9 Å². The van der Waals surface area contributed by atoms with Crippen LogP contribution in [0, 0.1) is 0 Å². The van der Waals surface area contributed by atoms with Crippen LogP contribution in [0.2, 0.25) is 0 Å². The largest absolute Gasteiger partial charge is 0.394 e. The van der Waals surface area contributed by atoms with Crippen LogP contribution in [0.4, 0.5) is 0 Å². The van der Waals surface area contributed by atoms with Crippen LogP contribution in [0.1, 0.15) is 0 Å². The van der Waals surface area contributed by atoms with Crippen molar-refractivity contribution in [1.82, 2.24) is 0 Å². The van der Waals surface area contributed by atoms with Gasteiger partial charge in [-0.1, -0.05) is 0 Å². The molecule has 143 heavy (non-hydrogen) atoms. The van der Waals surface area contributed by atoms with Crippen molar-refractivity contribution in [3.05, 3.63) is 0 Å². The lowest BCUT2D eigenvalue weighted by Crippen LogP contribution is -2.69. The lowest BCUT2D eigenvalue weighted by Gasteiger charge is -2.50. The van der Waals surface area contributed by atoms with Gasteiger partial charge in [-0.2, -0.15) is 0 Å². The van der Waals surface area contributed by atoms with Gasteiger partial charge < -0.3 is 322 Å². The molecule has 65 nitrogen and oxygen atoms in total. The number of rotatable bonds is 13. The van der Waals surface area contributed by atoms with E-state index in [-0.39, 0.29) is 0 Å². The van der Waals surface area contributed by atoms with E-state index in [1.807, 2.05) is 0 Å². The van der Waals surface area contributed by atoms with Crippen LogP contribution in [-0.4, -0.2) is 684 Å². The van der Waals surface area contributed by atoms with Gasteiger partial charge in [-0.25, -0.2) is 0 Å². The van der Waals surface area contributed by atoms with Crippen molar-refractivity contribution in [3.63, 3.8) is 0 Å². The van der Waals surface area contributed by atoms with Crippen LogP contribution in [-0.2, 0) is 123 Å². The predicted molar refractivity (Wildman–Crippen MR) is 424 cm³/mol. The third kappa shape index (κ3) is 23.4. The van der Waals surface area contributed by atoms with Crippen molar-refractivity contribution in [2.75, 3.05) is 85.9 Å². The molecule has 43 rings (SSSR count). The molecule has 0 aromatic rings. The minimum atomic E-state index is -2.21. The second kappa shape index (κ2) is 49.9. The Morgan fingerprint density at radius 1 is 0.0839 bits per heavy atom. The Labute approximate surface area is 805 Å². The lowest BCUT2D eigenvalue weighted by molar-refractivity contribution is -0.404. The van der Waals surface area contributed by atoms with E-state index in [1.54, 1.807) is 0 Å². The molecule has 0 aliphatic carbocycles. The van der Waals surface area contributed by atoms with Crippen LogP contribution < -0.4 is 0 Å². The molecule has 0 aromatic heterocycles. The zero-order valence-electron chi connectivity index (χ0n) is 74.8. The summed E-state index contributed by atoms with van der Waals surface area (Å²) in [5, 5.41) is 426. The molecule has 43 fully saturated rings. The van der Waals surface area contributed by atoms with E-state index in [0.29, 0.717) is 0 Å². The zero-order chi connectivity index (χ0) is 104. The van der Waals surface area contributed by atoms with E-state index in [9.17, 15) is 199 Å². The predicted octanol–water partition coefficient (Wildman–Crippen LogP) is -28.3. The molecule has 832 valence electrons. The van der Waals surface area contributed by atoms with E-state index in [0.717, 1.165) is 0 Å². The molecular formula is C78H130O65. The summed E-state index contributed by atoms with van der Waals surface area (Å²) in [5.74, 6) is 0. The monoisotopic (exact) mass is 2110 g/mol. The number of ether oxygens (including phenoxy) is 26. The molecule has 0 amide bonds. The fourth-order valence-electron chi connectivity index (χ4n) is 19.3. The molecule has 0 spiro atoms. The van der Waals surface area contributed by atoms with Crippen molar-refractivity contribution >= 4 is 0 Å². The molecular weight excluding hydrogens is 1980 g/mol. The highest BCUT2D eigenvalue weighted by Crippen LogP contribution is 2.44. The molecule has 0 saturated carbocycles. The highest BCUT2D eigenvalue weighted by atomic mass is 16.8. The van der Waals surface area contributed by atoms with E-state index >= 15 is 0 Å². The molecule has 43 aliphatic rings. The zero-order valence-corrected chi connectivity index (χ0v) is 74.8. The summed E-state index contributed by atoms with van der Waals surface area (Å²) >= 11 is 0. The molecule has 0 aromatic carbocycles.